The summed E-state index contributed by atoms with van der Waals surface area (Å²) in [5.74, 6) is 0. The Morgan fingerprint density at radius 2 is 2.00 bits per heavy atom. The molecule has 0 radical (unpaired) electrons. The van der Waals surface area contributed by atoms with E-state index in [0.29, 0.717) is 25.1 Å². The van der Waals surface area contributed by atoms with Crippen LogP contribution in [0.3, 0.4) is 0 Å². The summed E-state index contributed by atoms with van der Waals surface area (Å²) in [4.78, 5) is 12.7. The van der Waals surface area contributed by atoms with Crippen molar-refractivity contribution in [1.82, 2.24) is 4.90 Å². The fraction of sp³-hybridized carbons (Fsp3) is 0.462. The van der Waals surface area contributed by atoms with E-state index in [2.05, 4.69) is 5.32 Å². The number of halogens is 3. The van der Waals surface area contributed by atoms with Gasteiger partial charge < -0.3 is 10.2 Å². The minimum Gasteiger partial charge on any atom is -0.384 e. The molecule has 0 amide bonds. The van der Waals surface area contributed by atoms with Crippen molar-refractivity contribution in [3.05, 3.63) is 29.3 Å². The second-order valence-electron chi connectivity index (χ2n) is 4.28. The van der Waals surface area contributed by atoms with Crippen molar-refractivity contribution in [3.63, 3.8) is 0 Å². The molecule has 0 aromatic heterocycles. The number of carbonyl (C=O) groups excluding carboxylic acids is 1. The van der Waals surface area contributed by atoms with Crippen LogP contribution in [0, 0.1) is 0 Å². The number of benzene rings is 1. The average Bonchev–Trinajstić information content (AvgIpc) is 2.37. The number of hydrogen-bond acceptors (Lipinski definition) is 3. The quantitative estimate of drug-likeness (QED) is 0.810. The molecule has 1 N–H and O–H groups in total. The molecule has 0 aliphatic heterocycles. The molecule has 1 rings (SSSR count). The third-order valence-electron chi connectivity index (χ3n) is 2.78. The lowest BCUT2D eigenvalue weighted by Gasteiger charge is -2.16. The Labute approximate surface area is 110 Å². The van der Waals surface area contributed by atoms with Crippen molar-refractivity contribution >= 4 is 12.0 Å². The fourth-order valence-electron chi connectivity index (χ4n) is 1.53. The molecule has 0 atom stereocenters. The molecule has 1 aromatic carbocycles. The van der Waals surface area contributed by atoms with Gasteiger partial charge in [-0.05, 0) is 31.8 Å². The largest absolute Gasteiger partial charge is 0.416 e. The Balaban J connectivity index is 2.80. The molecule has 1 aromatic rings. The van der Waals surface area contributed by atoms with Crippen molar-refractivity contribution in [2.45, 2.75) is 13.1 Å². The summed E-state index contributed by atoms with van der Waals surface area (Å²) in [6.07, 6.45) is -4.03. The van der Waals surface area contributed by atoms with E-state index in [-0.39, 0.29) is 5.56 Å². The number of nitrogens with one attached hydrogen (secondary N) is 1. The molecule has 0 saturated heterocycles. The Bertz CT molecular complexity index is 432. The number of carbonyl (C=O) groups is 1. The van der Waals surface area contributed by atoms with Crippen molar-refractivity contribution in [3.8, 4) is 0 Å². The lowest BCUT2D eigenvalue weighted by molar-refractivity contribution is -0.137. The van der Waals surface area contributed by atoms with E-state index >= 15 is 0 Å². The maximum Gasteiger partial charge on any atom is 0.416 e. The monoisotopic (exact) mass is 274 g/mol. The Kier molecular flexibility index (Phi) is 5.35. The lowest BCUT2D eigenvalue weighted by atomic mass is 10.1. The van der Waals surface area contributed by atoms with Gasteiger partial charge in [0.2, 0.25) is 0 Å². The topological polar surface area (TPSA) is 32.3 Å². The molecule has 0 saturated carbocycles. The van der Waals surface area contributed by atoms with Gasteiger partial charge in [0.05, 0.1) is 5.56 Å². The van der Waals surface area contributed by atoms with Crippen molar-refractivity contribution in [2.75, 3.05) is 32.0 Å². The average molecular weight is 274 g/mol. The number of hydrogen-bond donors (Lipinski definition) is 1. The Morgan fingerprint density at radius 3 is 2.53 bits per heavy atom. The molecule has 6 heteroatoms. The molecule has 106 valence electrons. The van der Waals surface area contributed by atoms with E-state index in [4.69, 9.17) is 0 Å². The number of likely N-dealkylation sites (N-methyl/N-ethyl adjacent to an activating group) is 1. The summed E-state index contributed by atoms with van der Waals surface area (Å²) >= 11 is 0. The van der Waals surface area contributed by atoms with Crippen LogP contribution < -0.4 is 5.32 Å². The number of aldehydes is 1. The zero-order chi connectivity index (χ0) is 14.5. The van der Waals surface area contributed by atoms with Gasteiger partial charge in [-0.2, -0.15) is 13.2 Å². The summed E-state index contributed by atoms with van der Waals surface area (Å²) in [5.41, 5.74) is -0.494. The number of anilines is 1. The van der Waals surface area contributed by atoms with Gasteiger partial charge in [0, 0.05) is 24.3 Å². The van der Waals surface area contributed by atoms with Crippen molar-refractivity contribution < 1.29 is 18.0 Å². The van der Waals surface area contributed by atoms with Crippen molar-refractivity contribution in [2.24, 2.45) is 0 Å². The number of rotatable bonds is 6. The first-order valence-electron chi connectivity index (χ1n) is 5.96. The first-order valence-corrected chi connectivity index (χ1v) is 5.96. The van der Waals surface area contributed by atoms with Crippen LogP contribution in [0.1, 0.15) is 22.8 Å². The van der Waals surface area contributed by atoms with Crippen LogP contribution in [0.2, 0.25) is 0 Å². The summed E-state index contributed by atoms with van der Waals surface area (Å²) < 4.78 is 37.9. The standard InChI is InChI=1S/C13H17F3N2O/c1-3-18(2)5-4-17-12-7-10(9-19)6-11(8-12)13(14,15)16/h6-9,17H,3-5H2,1-2H3. The predicted molar refractivity (Wildman–Crippen MR) is 68.5 cm³/mol. The second-order valence-corrected chi connectivity index (χ2v) is 4.28. The van der Waals surface area contributed by atoms with Gasteiger partial charge in [0.25, 0.3) is 0 Å². The first kappa shape index (κ1) is 15.5. The summed E-state index contributed by atoms with van der Waals surface area (Å²) in [6.45, 7) is 4.09. The molecule has 19 heavy (non-hydrogen) atoms. The molecule has 0 aliphatic rings. The van der Waals surface area contributed by atoms with Crippen LogP contribution in [0.4, 0.5) is 18.9 Å². The van der Waals surface area contributed by atoms with E-state index in [1.165, 1.54) is 6.07 Å². The molecule has 0 spiro atoms. The molecule has 3 nitrogen and oxygen atoms in total. The summed E-state index contributed by atoms with van der Waals surface area (Å²) in [7, 11) is 1.92. The van der Waals surface area contributed by atoms with Crippen LogP contribution in [-0.4, -0.2) is 37.9 Å². The van der Waals surface area contributed by atoms with E-state index in [0.717, 1.165) is 18.7 Å². The Morgan fingerprint density at radius 1 is 1.32 bits per heavy atom. The zero-order valence-electron chi connectivity index (χ0n) is 10.9. The minimum atomic E-state index is -4.45. The molecule has 0 heterocycles. The first-order chi connectivity index (χ1) is 8.86. The van der Waals surface area contributed by atoms with Gasteiger partial charge in [-0.25, -0.2) is 0 Å². The van der Waals surface area contributed by atoms with Gasteiger partial charge >= 0.3 is 6.18 Å². The van der Waals surface area contributed by atoms with Gasteiger partial charge in [-0.3, -0.25) is 4.79 Å². The Hall–Kier alpha value is -1.56. The van der Waals surface area contributed by atoms with E-state index < -0.39 is 11.7 Å². The van der Waals surface area contributed by atoms with Crippen molar-refractivity contribution in [1.29, 1.82) is 0 Å². The highest BCUT2D eigenvalue weighted by Crippen LogP contribution is 2.31. The van der Waals surface area contributed by atoms with Crippen LogP contribution in [0.25, 0.3) is 0 Å². The van der Waals surface area contributed by atoms with E-state index in [1.54, 1.807) is 0 Å². The highest BCUT2D eigenvalue weighted by atomic mass is 19.4. The third-order valence-corrected chi connectivity index (χ3v) is 2.78. The fourth-order valence-corrected chi connectivity index (χ4v) is 1.53. The SMILES string of the molecule is CCN(C)CCNc1cc(C=O)cc(C(F)(F)F)c1. The summed E-state index contributed by atoms with van der Waals surface area (Å²) in [5, 5.41) is 2.90. The number of nitrogens with zero attached hydrogens (tertiary/aromatic N) is 1. The van der Waals surface area contributed by atoms with E-state index in [1.807, 2.05) is 18.9 Å². The van der Waals surface area contributed by atoms with Crippen LogP contribution >= 0.6 is 0 Å². The van der Waals surface area contributed by atoms with Crippen LogP contribution in [0.15, 0.2) is 18.2 Å². The van der Waals surface area contributed by atoms with E-state index in [9.17, 15) is 18.0 Å². The van der Waals surface area contributed by atoms with Crippen LogP contribution in [-0.2, 0) is 6.18 Å². The van der Waals surface area contributed by atoms with Gasteiger partial charge in [-0.1, -0.05) is 6.92 Å². The van der Waals surface area contributed by atoms with Gasteiger partial charge in [-0.15, -0.1) is 0 Å². The summed E-state index contributed by atoms with van der Waals surface area (Å²) in [6, 6.07) is 3.27. The molecular formula is C13H17F3N2O. The maximum atomic E-state index is 12.6. The highest BCUT2D eigenvalue weighted by Gasteiger charge is 2.31. The molecule has 0 bridgehead atoms. The predicted octanol–water partition coefficient (Wildman–Crippen LogP) is 2.88. The normalized spacial score (nSPS) is 11.7. The van der Waals surface area contributed by atoms with Gasteiger partial charge in [0.1, 0.15) is 6.29 Å². The third kappa shape index (κ3) is 4.90. The molecule has 0 unspecified atom stereocenters. The molecule has 0 aliphatic carbocycles. The second kappa shape index (κ2) is 6.56. The molecule has 0 fully saturated rings. The smallest absolute Gasteiger partial charge is 0.384 e. The molecular weight excluding hydrogens is 257 g/mol. The maximum absolute atomic E-state index is 12.6. The highest BCUT2D eigenvalue weighted by molar-refractivity contribution is 5.77. The van der Waals surface area contributed by atoms with Crippen LogP contribution in [0.5, 0.6) is 0 Å². The number of alkyl halides is 3. The minimum absolute atomic E-state index is 0.0150. The lowest BCUT2D eigenvalue weighted by Crippen LogP contribution is -2.24. The zero-order valence-corrected chi connectivity index (χ0v) is 10.9. The van der Waals surface area contributed by atoms with Gasteiger partial charge in [0.15, 0.2) is 0 Å².